The molecule has 0 atom stereocenters. The number of hydrogen-bond donors (Lipinski definition) is 0. The summed E-state index contributed by atoms with van der Waals surface area (Å²) in [4.78, 5) is 0. The summed E-state index contributed by atoms with van der Waals surface area (Å²) in [6.07, 6.45) is 7.70. The van der Waals surface area contributed by atoms with E-state index in [0.717, 1.165) is 30.8 Å². The third kappa shape index (κ3) is 5.05. The Kier molecular flexibility index (Phi) is 6.41. The van der Waals surface area contributed by atoms with Gasteiger partial charge < -0.3 is 9.47 Å². The van der Waals surface area contributed by atoms with E-state index in [1.54, 1.807) is 14.2 Å². The molecule has 0 spiro atoms. The fourth-order valence-corrected chi connectivity index (χ4v) is 1.70. The van der Waals surface area contributed by atoms with E-state index in [1.165, 1.54) is 12.0 Å². The number of benzene rings is 1. The summed E-state index contributed by atoms with van der Waals surface area (Å²) in [5.74, 6) is 0.934. The second kappa shape index (κ2) is 7.91. The highest BCUT2D eigenvalue weighted by Gasteiger charge is 1.98. The van der Waals surface area contributed by atoms with E-state index in [4.69, 9.17) is 9.47 Å². The maximum Gasteiger partial charge on any atom is 0.126 e. The quantitative estimate of drug-likeness (QED) is 0.667. The first kappa shape index (κ1) is 13.8. The molecule has 2 heteroatoms. The minimum absolute atomic E-state index is 0.849. The van der Waals surface area contributed by atoms with Gasteiger partial charge in [-0.3, -0.25) is 0 Å². The summed E-state index contributed by atoms with van der Waals surface area (Å²) in [5, 5.41) is 0. The molecule has 1 aromatic rings. The van der Waals surface area contributed by atoms with Gasteiger partial charge in [0.05, 0.1) is 7.11 Å². The Morgan fingerprint density at radius 2 is 2.00 bits per heavy atom. The molecule has 0 aliphatic rings. The first-order valence-electron chi connectivity index (χ1n) is 6.08. The molecule has 0 unspecified atom stereocenters. The number of unbranched alkanes of at least 4 members (excludes halogenated alkanes) is 2. The van der Waals surface area contributed by atoms with Gasteiger partial charge in [-0.05, 0) is 38.3 Å². The first-order valence-corrected chi connectivity index (χ1v) is 6.08. The zero-order valence-corrected chi connectivity index (χ0v) is 11.0. The van der Waals surface area contributed by atoms with E-state index in [2.05, 4.69) is 31.2 Å². The van der Waals surface area contributed by atoms with Crippen LogP contribution in [-0.2, 0) is 4.74 Å². The SMILES string of the molecule is COCCCC/C=C/c1cc(C)ccc1OC. The molecule has 0 heterocycles. The van der Waals surface area contributed by atoms with Crippen LogP contribution in [0.3, 0.4) is 0 Å². The van der Waals surface area contributed by atoms with Crippen molar-refractivity contribution in [2.24, 2.45) is 0 Å². The lowest BCUT2D eigenvalue weighted by molar-refractivity contribution is 0.193. The van der Waals surface area contributed by atoms with Crippen LogP contribution in [0, 0.1) is 6.92 Å². The summed E-state index contributed by atoms with van der Waals surface area (Å²) in [6, 6.07) is 6.22. The predicted octanol–water partition coefficient (Wildman–Crippen LogP) is 3.83. The Bertz CT molecular complexity index is 356. The van der Waals surface area contributed by atoms with Crippen molar-refractivity contribution in [3.05, 3.63) is 35.4 Å². The molecule has 0 saturated carbocycles. The molecule has 17 heavy (non-hydrogen) atoms. The molecule has 0 aromatic heterocycles. The average molecular weight is 234 g/mol. The Morgan fingerprint density at radius 1 is 1.18 bits per heavy atom. The number of methoxy groups -OCH3 is 2. The van der Waals surface area contributed by atoms with Gasteiger partial charge in [-0.15, -0.1) is 0 Å². The van der Waals surface area contributed by atoms with Crippen molar-refractivity contribution >= 4 is 6.08 Å². The molecule has 0 aliphatic heterocycles. The number of aryl methyl sites for hydroxylation is 1. The van der Waals surface area contributed by atoms with Crippen molar-refractivity contribution in [2.75, 3.05) is 20.8 Å². The molecule has 1 aromatic carbocycles. The number of allylic oxidation sites excluding steroid dienone is 1. The maximum atomic E-state index is 5.32. The molecular formula is C15H22O2. The minimum Gasteiger partial charge on any atom is -0.496 e. The maximum absolute atomic E-state index is 5.32. The molecule has 1 rings (SSSR count). The van der Waals surface area contributed by atoms with Gasteiger partial charge in [-0.1, -0.05) is 23.8 Å². The van der Waals surface area contributed by atoms with Crippen molar-refractivity contribution in [3.8, 4) is 5.75 Å². The smallest absolute Gasteiger partial charge is 0.126 e. The standard InChI is InChI=1S/C15H22O2/c1-13-9-10-15(17-3)14(12-13)8-6-4-5-7-11-16-2/h6,8-10,12H,4-5,7,11H2,1-3H3/b8-6+. The molecular weight excluding hydrogens is 212 g/mol. The molecule has 2 nitrogen and oxygen atoms in total. The number of ether oxygens (including phenoxy) is 2. The summed E-state index contributed by atoms with van der Waals surface area (Å²) >= 11 is 0. The Labute approximate surface area is 104 Å². The van der Waals surface area contributed by atoms with E-state index >= 15 is 0 Å². The zero-order chi connectivity index (χ0) is 12.5. The van der Waals surface area contributed by atoms with Crippen molar-refractivity contribution in [3.63, 3.8) is 0 Å². The Balaban J connectivity index is 2.49. The highest BCUT2D eigenvalue weighted by Crippen LogP contribution is 2.21. The second-order valence-electron chi connectivity index (χ2n) is 4.14. The number of rotatable bonds is 7. The summed E-state index contributed by atoms with van der Waals surface area (Å²) in [7, 11) is 3.45. The van der Waals surface area contributed by atoms with E-state index in [-0.39, 0.29) is 0 Å². The van der Waals surface area contributed by atoms with Gasteiger partial charge in [-0.25, -0.2) is 0 Å². The van der Waals surface area contributed by atoms with Crippen molar-refractivity contribution < 1.29 is 9.47 Å². The molecule has 0 fully saturated rings. The van der Waals surface area contributed by atoms with Crippen molar-refractivity contribution in [2.45, 2.75) is 26.2 Å². The molecule has 0 aliphatic carbocycles. The van der Waals surface area contributed by atoms with Crippen LogP contribution in [0.25, 0.3) is 6.08 Å². The summed E-state index contributed by atoms with van der Waals surface area (Å²) < 4.78 is 10.3. The molecule has 94 valence electrons. The van der Waals surface area contributed by atoms with Gasteiger partial charge in [0, 0.05) is 19.3 Å². The van der Waals surface area contributed by atoms with E-state index in [9.17, 15) is 0 Å². The highest BCUT2D eigenvalue weighted by molar-refractivity contribution is 5.58. The van der Waals surface area contributed by atoms with Crippen molar-refractivity contribution in [1.29, 1.82) is 0 Å². The van der Waals surface area contributed by atoms with Gasteiger partial charge in [0.2, 0.25) is 0 Å². The van der Waals surface area contributed by atoms with Crippen LogP contribution in [0.2, 0.25) is 0 Å². The highest BCUT2D eigenvalue weighted by atomic mass is 16.5. The largest absolute Gasteiger partial charge is 0.496 e. The van der Waals surface area contributed by atoms with Gasteiger partial charge in [0.25, 0.3) is 0 Å². The van der Waals surface area contributed by atoms with Crippen LogP contribution in [0.15, 0.2) is 24.3 Å². The lowest BCUT2D eigenvalue weighted by Crippen LogP contribution is -1.88. The third-order valence-corrected chi connectivity index (χ3v) is 2.65. The normalized spacial score (nSPS) is 11.0. The Morgan fingerprint density at radius 3 is 2.71 bits per heavy atom. The van der Waals surface area contributed by atoms with Crippen molar-refractivity contribution in [1.82, 2.24) is 0 Å². The molecule has 0 bridgehead atoms. The van der Waals surface area contributed by atoms with Crippen LogP contribution >= 0.6 is 0 Å². The van der Waals surface area contributed by atoms with Gasteiger partial charge in [0.15, 0.2) is 0 Å². The van der Waals surface area contributed by atoms with Gasteiger partial charge in [0.1, 0.15) is 5.75 Å². The van der Waals surface area contributed by atoms with Crippen LogP contribution in [-0.4, -0.2) is 20.8 Å². The summed E-state index contributed by atoms with van der Waals surface area (Å²) in [6.45, 7) is 2.94. The van der Waals surface area contributed by atoms with E-state index in [0.29, 0.717) is 0 Å². The minimum atomic E-state index is 0.849. The molecule has 0 N–H and O–H groups in total. The predicted molar refractivity (Wildman–Crippen MR) is 72.5 cm³/mol. The third-order valence-electron chi connectivity index (χ3n) is 2.65. The van der Waals surface area contributed by atoms with E-state index in [1.807, 2.05) is 6.07 Å². The molecule has 0 amide bonds. The van der Waals surface area contributed by atoms with Gasteiger partial charge in [-0.2, -0.15) is 0 Å². The van der Waals surface area contributed by atoms with Gasteiger partial charge >= 0.3 is 0 Å². The number of hydrogen-bond acceptors (Lipinski definition) is 2. The lowest BCUT2D eigenvalue weighted by atomic mass is 10.1. The molecule has 0 radical (unpaired) electrons. The first-order chi connectivity index (χ1) is 8.27. The monoisotopic (exact) mass is 234 g/mol. The summed E-state index contributed by atoms with van der Waals surface area (Å²) in [5.41, 5.74) is 2.41. The zero-order valence-electron chi connectivity index (χ0n) is 11.0. The van der Waals surface area contributed by atoms with Crippen LogP contribution < -0.4 is 4.74 Å². The van der Waals surface area contributed by atoms with Crippen LogP contribution in [0.4, 0.5) is 0 Å². The lowest BCUT2D eigenvalue weighted by Gasteiger charge is -2.05. The topological polar surface area (TPSA) is 18.5 Å². The fraction of sp³-hybridized carbons (Fsp3) is 0.467. The average Bonchev–Trinajstić information content (AvgIpc) is 2.34. The second-order valence-corrected chi connectivity index (χ2v) is 4.14. The van der Waals surface area contributed by atoms with Crippen LogP contribution in [0.1, 0.15) is 30.4 Å². The molecule has 0 saturated heterocycles. The fourth-order valence-electron chi connectivity index (χ4n) is 1.70. The van der Waals surface area contributed by atoms with Crippen LogP contribution in [0.5, 0.6) is 5.75 Å². The van der Waals surface area contributed by atoms with E-state index < -0.39 is 0 Å². The Hall–Kier alpha value is -1.28.